The minimum atomic E-state index is -0.631. The van der Waals surface area contributed by atoms with Crippen LogP contribution in [-0.2, 0) is 23.6 Å². The van der Waals surface area contributed by atoms with Crippen LogP contribution in [0.2, 0.25) is 0 Å². The Morgan fingerprint density at radius 3 is 2.52 bits per heavy atom. The molecule has 0 fully saturated rings. The van der Waals surface area contributed by atoms with Crippen molar-refractivity contribution in [3.8, 4) is 11.4 Å². The highest BCUT2D eigenvalue weighted by molar-refractivity contribution is 8.00. The Balaban J connectivity index is 2.38. The van der Waals surface area contributed by atoms with E-state index in [1.807, 2.05) is 0 Å². The molecule has 0 radical (unpaired) electrons. The Morgan fingerprint density at radius 2 is 1.90 bits per heavy atom. The molecule has 0 aliphatic carbocycles. The molecule has 2 aromatic heterocycles. The van der Waals surface area contributed by atoms with Crippen LogP contribution in [0.3, 0.4) is 0 Å². The number of hydrogen-bond donors (Lipinski definition) is 0. The fourth-order valence-corrected chi connectivity index (χ4v) is 3.91. The predicted octanol–water partition coefficient (Wildman–Crippen LogP) is 1.88. The fourth-order valence-electron chi connectivity index (χ4n) is 2.84. The maximum atomic E-state index is 14.3. The molecule has 29 heavy (non-hydrogen) atoms. The maximum absolute atomic E-state index is 14.3. The van der Waals surface area contributed by atoms with E-state index in [0.29, 0.717) is 6.42 Å². The number of ether oxygens (including phenoxy) is 1. The molecule has 0 N–H and O–H groups in total. The van der Waals surface area contributed by atoms with Gasteiger partial charge < -0.3 is 4.74 Å². The van der Waals surface area contributed by atoms with Crippen molar-refractivity contribution in [2.75, 3.05) is 7.11 Å². The Labute approximate surface area is 169 Å². The normalized spacial score (nSPS) is 12.2. The van der Waals surface area contributed by atoms with E-state index in [1.54, 1.807) is 13.0 Å². The van der Waals surface area contributed by atoms with Gasteiger partial charge in [-0.15, -0.1) is 0 Å². The van der Waals surface area contributed by atoms with Crippen LogP contribution < -0.4 is 11.2 Å². The zero-order valence-corrected chi connectivity index (χ0v) is 17.1. The van der Waals surface area contributed by atoms with Crippen LogP contribution in [-0.4, -0.2) is 37.4 Å². The summed E-state index contributed by atoms with van der Waals surface area (Å²) in [5, 5.41) is -0.364. The predicted molar refractivity (Wildman–Crippen MR) is 107 cm³/mol. The summed E-state index contributed by atoms with van der Waals surface area (Å²) < 4.78 is 21.3. The number of aromatic nitrogens is 4. The molecule has 1 atom stereocenters. The number of halogens is 1. The average Bonchev–Trinajstić information content (AvgIpc) is 2.73. The Kier molecular flexibility index (Phi) is 5.83. The van der Waals surface area contributed by atoms with Gasteiger partial charge in [-0.3, -0.25) is 18.7 Å². The number of carbonyl (C=O) groups is 1. The van der Waals surface area contributed by atoms with Crippen LogP contribution in [0, 0.1) is 5.82 Å². The molecule has 0 bridgehead atoms. The fraction of sp³-hybridized carbons (Fsp3) is 0.316. The molecule has 0 spiro atoms. The van der Waals surface area contributed by atoms with E-state index < -0.39 is 28.3 Å². The van der Waals surface area contributed by atoms with Crippen molar-refractivity contribution in [1.29, 1.82) is 0 Å². The first-order chi connectivity index (χ1) is 13.8. The summed E-state index contributed by atoms with van der Waals surface area (Å²) >= 11 is 1.03. The van der Waals surface area contributed by atoms with E-state index in [-0.39, 0.29) is 27.4 Å². The standard InChI is InChI=1S/C19H19FN4O4S/c1-5-12(18(26)28-4)29-16-13-15(23(2)19(27)24(3)17(13)25)21-14(22-16)10-8-6-7-9-11(10)20/h6-9,12H,5H2,1-4H3/t12-/m0/s1. The molecule has 1 aromatic carbocycles. The van der Waals surface area contributed by atoms with Gasteiger partial charge in [0.25, 0.3) is 5.56 Å². The van der Waals surface area contributed by atoms with Crippen molar-refractivity contribution in [1.82, 2.24) is 19.1 Å². The van der Waals surface area contributed by atoms with Crippen LogP contribution in [0.4, 0.5) is 4.39 Å². The largest absolute Gasteiger partial charge is 0.468 e. The number of thioether (sulfide) groups is 1. The van der Waals surface area contributed by atoms with Gasteiger partial charge in [0.2, 0.25) is 0 Å². The third-order valence-electron chi connectivity index (χ3n) is 4.47. The third-order valence-corrected chi connectivity index (χ3v) is 5.80. The van der Waals surface area contributed by atoms with Gasteiger partial charge in [-0.05, 0) is 18.6 Å². The van der Waals surface area contributed by atoms with Crippen LogP contribution >= 0.6 is 11.8 Å². The van der Waals surface area contributed by atoms with E-state index in [4.69, 9.17) is 4.74 Å². The summed E-state index contributed by atoms with van der Waals surface area (Å²) in [7, 11) is 4.09. The molecule has 0 aliphatic rings. The molecule has 3 aromatic rings. The first kappa shape index (κ1) is 20.7. The molecule has 152 valence electrons. The highest BCUT2D eigenvalue weighted by atomic mass is 32.2. The number of fused-ring (bicyclic) bond motifs is 1. The summed E-state index contributed by atoms with van der Waals surface area (Å²) in [6, 6.07) is 5.93. The highest BCUT2D eigenvalue weighted by Crippen LogP contribution is 2.31. The molecule has 2 heterocycles. The van der Waals surface area contributed by atoms with Gasteiger partial charge in [-0.1, -0.05) is 30.8 Å². The molecule has 0 aliphatic heterocycles. The van der Waals surface area contributed by atoms with E-state index in [0.717, 1.165) is 16.3 Å². The molecular formula is C19H19FN4O4S. The molecule has 0 saturated heterocycles. The van der Waals surface area contributed by atoms with Crippen molar-refractivity contribution in [3.63, 3.8) is 0 Å². The Bertz CT molecular complexity index is 1220. The van der Waals surface area contributed by atoms with Gasteiger partial charge in [0, 0.05) is 14.1 Å². The van der Waals surface area contributed by atoms with Crippen LogP contribution in [0.15, 0.2) is 38.9 Å². The van der Waals surface area contributed by atoms with Crippen molar-refractivity contribution in [2.45, 2.75) is 23.6 Å². The monoisotopic (exact) mass is 418 g/mol. The minimum absolute atomic E-state index is 0.0149. The van der Waals surface area contributed by atoms with Gasteiger partial charge in [0.1, 0.15) is 21.5 Å². The molecule has 10 heteroatoms. The molecular weight excluding hydrogens is 399 g/mol. The van der Waals surface area contributed by atoms with Gasteiger partial charge in [-0.2, -0.15) is 0 Å². The van der Waals surface area contributed by atoms with Gasteiger partial charge >= 0.3 is 11.7 Å². The quantitative estimate of drug-likeness (QED) is 0.355. The molecule has 0 amide bonds. The Hall–Kier alpha value is -3.01. The lowest BCUT2D eigenvalue weighted by atomic mass is 10.2. The topological polar surface area (TPSA) is 96.1 Å². The summed E-state index contributed by atoms with van der Waals surface area (Å²) in [5.74, 6) is -1.00. The number of nitrogens with zero attached hydrogens (tertiary/aromatic N) is 4. The molecule has 0 saturated carbocycles. The minimum Gasteiger partial charge on any atom is -0.468 e. The summed E-state index contributed by atoms with van der Waals surface area (Å²) in [5.41, 5.74) is -0.980. The zero-order chi connectivity index (χ0) is 21.3. The number of methoxy groups -OCH3 is 1. The second-order valence-corrected chi connectivity index (χ2v) is 7.47. The van der Waals surface area contributed by atoms with Gasteiger partial charge in [0.15, 0.2) is 11.5 Å². The first-order valence-electron chi connectivity index (χ1n) is 8.77. The number of benzene rings is 1. The van der Waals surface area contributed by atoms with E-state index in [2.05, 4.69) is 9.97 Å². The van der Waals surface area contributed by atoms with E-state index in [1.165, 1.54) is 44.0 Å². The Morgan fingerprint density at radius 1 is 1.21 bits per heavy atom. The maximum Gasteiger partial charge on any atom is 0.332 e. The number of carbonyl (C=O) groups excluding carboxylic acids is 1. The van der Waals surface area contributed by atoms with Crippen molar-refractivity contribution < 1.29 is 13.9 Å². The number of hydrogen-bond acceptors (Lipinski definition) is 7. The van der Waals surface area contributed by atoms with Crippen LogP contribution in [0.1, 0.15) is 13.3 Å². The summed E-state index contributed by atoms with van der Waals surface area (Å²) in [6.45, 7) is 1.80. The zero-order valence-electron chi connectivity index (χ0n) is 16.3. The van der Waals surface area contributed by atoms with Crippen molar-refractivity contribution in [2.24, 2.45) is 14.1 Å². The number of rotatable bonds is 5. The highest BCUT2D eigenvalue weighted by Gasteiger charge is 2.25. The van der Waals surface area contributed by atoms with Crippen LogP contribution in [0.25, 0.3) is 22.4 Å². The van der Waals surface area contributed by atoms with E-state index in [9.17, 15) is 18.8 Å². The smallest absolute Gasteiger partial charge is 0.332 e. The lowest BCUT2D eigenvalue weighted by Crippen LogP contribution is -2.38. The van der Waals surface area contributed by atoms with Gasteiger partial charge in [0.05, 0.1) is 12.7 Å². The second kappa shape index (κ2) is 8.16. The average molecular weight is 418 g/mol. The molecule has 8 nitrogen and oxygen atoms in total. The van der Waals surface area contributed by atoms with Crippen molar-refractivity contribution in [3.05, 3.63) is 50.9 Å². The third kappa shape index (κ3) is 3.67. The van der Waals surface area contributed by atoms with Crippen molar-refractivity contribution >= 4 is 28.8 Å². The van der Waals surface area contributed by atoms with E-state index >= 15 is 0 Å². The van der Waals surface area contributed by atoms with Crippen LogP contribution in [0.5, 0.6) is 0 Å². The molecule has 3 rings (SSSR count). The van der Waals surface area contributed by atoms with Gasteiger partial charge in [-0.25, -0.2) is 19.2 Å². The number of esters is 1. The number of aryl methyl sites for hydroxylation is 1. The summed E-state index contributed by atoms with van der Waals surface area (Å²) in [6.07, 6.45) is 0.421. The SMILES string of the molecule is CC[C@H](Sc1nc(-c2ccccc2F)nc2c1c(=O)n(C)c(=O)n2C)C(=O)OC. The first-order valence-corrected chi connectivity index (χ1v) is 9.65. The summed E-state index contributed by atoms with van der Waals surface area (Å²) in [4.78, 5) is 45.9. The lowest BCUT2D eigenvalue weighted by Gasteiger charge is -2.15. The molecule has 0 unspecified atom stereocenters. The second-order valence-electron chi connectivity index (χ2n) is 6.27. The lowest BCUT2D eigenvalue weighted by molar-refractivity contribution is -0.140.